The fourth-order valence-electron chi connectivity index (χ4n) is 0.982. The number of nitrogens with one attached hydrogen (secondary N) is 2. The third-order valence-corrected chi connectivity index (χ3v) is 1.67. The molecule has 0 fully saturated rings. The maximum absolute atomic E-state index is 5.45. The smallest absolute Gasteiger partial charge is 0.123 e. The van der Waals surface area contributed by atoms with Gasteiger partial charge in [-0.15, -0.1) is 0 Å². The summed E-state index contributed by atoms with van der Waals surface area (Å²) < 4.78 is 0. The van der Waals surface area contributed by atoms with Crippen LogP contribution in [-0.4, -0.2) is 24.6 Å². The second-order valence-corrected chi connectivity index (χ2v) is 2.75. The molecule has 13 heavy (non-hydrogen) atoms. The minimum atomic E-state index is 0.553. The third kappa shape index (κ3) is 3.75. The van der Waals surface area contributed by atoms with Gasteiger partial charge >= 0.3 is 0 Å². The molecule has 1 heterocycles. The van der Waals surface area contributed by atoms with Crippen molar-refractivity contribution >= 4 is 11.5 Å². The van der Waals surface area contributed by atoms with Gasteiger partial charge in [-0.3, -0.25) is 0 Å². The fraction of sp³-hybridized carbons (Fsp3) is 0.444. The molecule has 4 nitrogen and oxygen atoms in total. The van der Waals surface area contributed by atoms with Gasteiger partial charge in [0.1, 0.15) is 5.82 Å². The highest BCUT2D eigenvalue weighted by Crippen LogP contribution is 2.05. The molecule has 0 spiro atoms. The zero-order valence-electron chi connectivity index (χ0n) is 7.88. The number of nitrogen functional groups attached to an aromatic ring is 1. The lowest BCUT2D eigenvalue weighted by atomic mass is 10.4. The van der Waals surface area contributed by atoms with E-state index < -0.39 is 0 Å². The average Bonchev–Trinajstić information content (AvgIpc) is 2.15. The summed E-state index contributed by atoms with van der Waals surface area (Å²) in [7, 11) is 0. The molecule has 0 bridgehead atoms. The molecule has 0 saturated carbocycles. The van der Waals surface area contributed by atoms with Gasteiger partial charge in [-0.1, -0.05) is 6.92 Å². The molecule has 0 amide bonds. The van der Waals surface area contributed by atoms with Crippen molar-refractivity contribution in [1.82, 2.24) is 10.3 Å². The lowest BCUT2D eigenvalue weighted by molar-refractivity contribution is 0.739. The third-order valence-electron chi connectivity index (χ3n) is 1.67. The molecule has 1 aromatic rings. The largest absolute Gasteiger partial charge is 0.384 e. The van der Waals surface area contributed by atoms with E-state index in [1.54, 1.807) is 12.3 Å². The van der Waals surface area contributed by atoms with Gasteiger partial charge in [0.05, 0.1) is 11.9 Å². The van der Waals surface area contributed by atoms with Crippen LogP contribution in [0.15, 0.2) is 18.3 Å². The van der Waals surface area contributed by atoms with E-state index in [2.05, 4.69) is 22.5 Å². The summed E-state index contributed by atoms with van der Waals surface area (Å²) in [5.74, 6) is 0.553. The first-order chi connectivity index (χ1) is 6.33. The molecule has 0 saturated heterocycles. The first-order valence-corrected chi connectivity index (χ1v) is 4.49. The molecule has 72 valence electrons. The van der Waals surface area contributed by atoms with Crippen LogP contribution in [0.25, 0.3) is 0 Å². The fourth-order valence-corrected chi connectivity index (χ4v) is 0.982. The van der Waals surface area contributed by atoms with Gasteiger partial charge in [0.15, 0.2) is 0 Å². The Morgan fingerprint density at radius 3 is 2.85 bits per heavy atom. The maximum atomic E-state index is 5.45. The lowest BCUT2D eigenvalue weighted by Gasteiger charge is -2.05. The Balaban J connectivity index is 2.25. The van der Waals surface area contributed by atoms with Crippen LogP contribution in [0.5, 0.6) is 0 Å². The van der Waals surface area contributed by atoms with Crippen LogP contribution in [0.3, 0.4) is 0 Å². The van der Waals surface area contributed by atoms with Crippen LogP contribution in [-0.2, 0) is 0 Å². The molecule has 1 rings (SSSR count). The van der Waals surface area contributed by atoms with Crippen LogP contribution in [0.2, 0.25) is 0 Å². The van der Waals surface area contributed by atoms with Crippen molar-refractivity contribution in [2.75, 3.05) is 30.7 Å². The van der Waals surface area contributed by atoms with Gasteiger partial charge in [0, 0.05) is 13.1 Å². The van der Waals surface area contributed by atoms with Gasteiger partial charge in [-0.2, -0.15) is 0 Å². The summed E-state index contributed by atoms with van der Waals surface area (Å²) >= 11 is 0. The molecular weight excluding hydrogens is 164 g/mol. The van der Waals surface area contributed by atoms with Crippen molar-refractivity contribution < 1.29 is 0 Å². The number of hydrogen-bond acceptors (Lipinski definition) is 4. The second-order valence-electron chi connectivity index (χ2n) is 2.75. The lowest BCUT2D eigenvalue weighted by Crippen LogP contribution is -2.21. The predicted octanol–water partition coefficient (Wildman–Crippen LogP) is 0.685. The number of nitrogens with zero attached hydrogens (tertiary/aromatic N) is 1. The van der Waals surface area contributed by atoms with E-state index in [1.165, 1.54) is 0 Å². The standard InChI is InChI=1S/C9H16N4/c1-2-11-5-6-12-8-3-4-9(10)13-7-8/h3-4,7,11-12H,2,5-6H2,1H3,(H2,10,13). The van der Waals surface area contributed by atoms with Crippen LogP contribution in [0.4, 0.5) is 11.5 Å². The van der Waals surface area contributed by atoms with Crippen LogP contribution < -0.4 is 16.4 Å². The van der Waals surface area contributed by atoms with Crippen LogP contribution in [0.1, 0.15) is 6.92 Å². The average molecular weight is 180 g/mol. The number of anilines is 2. The molecule has 0 unspecified atom stereocenters. The highest BCUT2D eigenvalue weighted by Gasteiger charge is 1.90. The number of hydrogen-bond donors (Lipinski definition) is 3. The van der Waals surface area contributed by atoms with Gasteiger partial charge in [0.25, 0.3) is 0 Å². The van der Waals surface area contributed by atoms with Crippen molar-refractivity contribution in [2.45, 2.75) is 6.92 Å². The molecule has 1 aromatic heterocycles. The highest BCUT2D eigenvalue weighted by molar-refractivity contribution is 5.45. The van der Waals surface area contributed by atoms with E-state index in [9.17, 15) is 0 Å². The quantitative estimate of drug-likeness (QED) is 0.583. The Kier molecular flexibility index (Phi) is 4.05. The summed E-state index contributed by atoms with van der Waals surface area (Å²) in [4.78, 5) is 3.97. The van der Waals surface area contributed by atoms with E-state index in [1.807, 2.05) is 6.07 Å². The molecule has 0 atom stereocenters. The van der Waals surface area contributed by atoms with Crippen molar-refractivity contribution in [3.8, 4) is 0 Å². The number of nitrogens with two attached hydrogens (primary N) is 1. The highest BCUT2D eigenvalue weighted by atomic mass is 15.0. The summed E-state index contributed by atoms with van der Waals surface area (Å²) in [6.07, 6.45) is 1.74. The molecular formula is C9H16N4. The van der Waals surface area contributed by atoms with E-state index >= 15 is 0 Å². The van der Waals surface area contributed by atoms with Gasteiger partial charge in [0.2, 0.25) is 0 Å². The van der Waals surface area contributed by atoms with Crippen LogP contribution in [0, 0.1) is 0 Å². The molecule has 4 heteroatoms. The van der Waals surface area contributed by atoms with Crippen molar-refractivity contribution in [3.05, 3.63) is 18.3 Å². The summed E-state index contributed by atoms with van der Waals surface area (Å²) in [5, 5.41) is 6.45. The Hall–Kier alpha value is -1.29. The SMILES string of the molecule is CCNCCNc1ccc(N)nc1. The Morgan fingerprint density at radius 1 is 1.38 bits per heavy atom. The monoisotopic (exact) mass is 180 g/mol. The van der Waals surface area contributed by atoms with Gasteiger partial charge in [-0.25, -0.2) is 4.98 Å². The van der Waals surface area contributed by atoms with Crippen molar-refractivity contribution in [2.24, 2.45) is 0 Å². The molecule has 0 aliphatic heterocycles. The molecule has 0 radical (unpaired) electrons. The molecule has 0 aliphatic rings. The van der Waals surface area contributed by atoms with Crippen molar-refractivity contribution in [3.63, 3.8) is 0 Å². The number of aromatic nitrogens is 1. The zero-order chi connectivity index (χ0) is 9.52. The second kappa shape index (κ2) is 5.37. The summed E-state index contributed by atoms with van der Waals surface area (Å²) in [6.45, 7) is 4.95. The van der Waals surface area contributed by atoms with E-state index in [0.717, 1.165) is 25.3 Å². The number of pyridine rings is 1. The van der Waals surface area contributed by atoms with E-state index in [4.69, 9.17) is 5.73 Å². The molecule has 0 aliphatic carbocycles. The first-order valence-electron chi connectivity index (χ1n) is 4.49. The van der Waals surface area contributed by atoms with E-state index in [-0.39, 0.29) is 0 Å². The van der Waals surface area contributed by atoms with Gasteiger partial charge < -0.3 is 16.4 Å². The molecule has 4 N–H and O–H groups in total. The van der Waals surface area contributed by atoms with Crippen molar-refractivity contribution in [1.29, 1.82) is 0 Å². The minimum Gasteiger partial charge on any atom is -0.384 e. The normalized spacial score (nSPS) is 9.92. The van der Waals surface area contributed by atoms with Gasteiger partial charge in [-0.05, 0) is 18.7 Å². The Labute approximate surface area is 78.6 Å². The first kappa shape index (κ1) is 9.80. The Bertz CT molecular complexity index is 232. The predicted molar refractivity (Wildman–Crippen MR) is 55.7 cm³/mol. The van der Waals surface area contributed by atoms with E-state index in [0.29, 0.717) is 5.82 Å². The summed E-state index contributed by atoms with van der Waals surface area (Å²) in [6, 6.07) is 3.71. The van der Waals surface area contributed by atoms with Crippen LogP contribution >= 0.6 is 0 Å². The Morgan fingerprint density at radius 2 is 2.23 bits per heavy atom. The topological polar surface area (TPSA) is 63.0 Å². The summed E-state index contributed by atoms with van der Waals surface area (Å²) in [5.41, 5.74) is 6.46. The number of likely N-dealkylation sites (N-methyl/N-ethyl adjacent to an activating group) is 1. The molecule has 0 aromatic carbocycles. The maximum Gasteiger partial charge on any atom is 0.123 e. The number of rotatable bonds is 5. The minimum absolute atomic E-state index is 0.553. The zero-order valence-corrected chi connectivity index (χ0v) is 7.88.